The molecule has 1 saturated heterocycles. The Morgan fingerprint density at radius 3 is 2.81 bits per heavy atom. The highest BCUT2D eigenvalue weighted by Gasteiger charge is 2.42. The second kappa shape index (κ2) is 5.64. The van der Waals surface area contributed by atoms with E-state index in [1.807, 2.05) is 0 Å². The quantitative estimate of drug-likeness (QED) is 0.928. The maximum absolute atomic E-state index is 13.2. The summed E-state index contributed by atoms with van der Waals surface area (Å²) in [5.41, 5.74) is 5.39. The van der Waals surface area contributed by atoms with E-state index >= 15 is 0 Å². The maximum atomic E-state index is 13.2. The van der Waals surface area contributed by atoms with Crippen molar-refractivity contribution in [2.24, 2.45) is 5.73 Å². The first kappa shape index (κ1) is 14.3. The van der Waals surface area contributed by atoms with Crippen LogP contribution in [0.25, 0.3) is 0 Å². The summed E-state index contributed by atoms with van der Waals surface area (Å²) in [6.07, 6.45) is 6.75. The van der Waals surface area contributed by atoms with Crippen molar-refractivity contribution in [3.8, 4) is 5.75 Å². The Morgan fingerprint density at radius 2 is 2.14 bits per heavy atom. The van der Waals surface area contributed by atoms with E-state index in [0.29, 0.717) is 12.4 Å². The molecule has 0 aromatic heterocycles. The molecule has 1 amide bonds. The topological polar surface area (TPSA) is 61.6 Å². The van der Waals surface area contributed by atoms with Crippen molar-refractivity contribution in [2.45, 2.75) is 50.2 Å². The van der Waals surface area contributed by atoms with Crippen LogP contribution in [0, 0.1) is 5.82 Å². The molecule has 2 aliphatic rings. The van der Waals surface area contributed by atoms with Crippen molar-refractivity contribution < 1.29 is 18.7 Å². The van der Waals surface area contributed by atoms with Crippen molar-refractivity contribution in [1.29, 1.82) is 0 Å². The minimum Gasteiger partial charge on any atom is -0.490 e. The van der Waals surface area contributed by atoms with E-state index in [-0.39, 0.29) is 17.3 Å². The molecule has 2 N–H and O–H groups in total. The zero-order valence-corrected chi connectivity index (χ0v) is 11.9. The van der Waals surface area contributed by atoms with E-state index in [0.717, 1.165) is 38.2 Å². The highest BCUT2D eigenvalue weighted by Crippen LogP contribution is 2.44. The summed E-state index contributed by atoms with van der Waals surface area (Å²) in [4.78, 5) is 11.3. The molecule has 0 radical (unpaired) electrons. The largest absolute Gasteiger partial charge is 0.490 e. The summed E-state index contributed by atoms with van der Waals surface area (Å²) >= 11 is 0. The molecular formula is C16H20FNO3. The van der Waals surface area contributed by atoms with Crippen LogP contribution in [0.15, 0.2) is 18.2 Å². The van der Waals surface area contributed by atoms with Crippen molar-refractivity contribution >= 4 is 5.91 Å². The van der Waals surface area contributed by atoms with Gasteiger partial charge in [0.2, 0.25) is 0 Å². The molecule has 21 heavy (non-hydrogen) atoms. The molecule has 114 valence electrons. The zero-order valence-electron chi connectivity index (χ0n) is 11.9. The van der Waals surface area contributed by atoms with Crippen LogP contribution in [-0.4, -0.2) is 24.2 Å². The smallest absolute Gasteiger partial charge is 0.252 e. The number of halogens is 1. The van der Waals surface area contributed by atoms with E-state index < -0.39 is 11.7 Å². The minimum absolute atomic E-state index is 0.0322. The highest BCUT2D eigenvalue weighted by atomic mass is 19.1. The summed E-state index contributed by atoms with van der Waals surface area (Å²) < 4.78 is 25.0. The zero-order chi connectivity index (χ0) is 14.9. The predicted molar refractivity (Wildman–Crippen MR) is 75.7 cm³/mol. The summed E-state index contributed by atoms with van der Waals surface area (Å²) in [6.45, 7) is 0.369. The summed E-state index contributed by atoms with van der Waals surface area (Å²) in [6, 6.07) is 3.81. The van der Waals surface area contributed by atoms with Gasteiger partial charge in [-0.25, -0.2) is 4.39 Å². The fourth-order valence-electron chi connectivity index (χ4n) is 3.18. The van der Waals surface area contributed by atoms with Crippen molar-refractivity contribution in [1.82, 2.24) is 0 Å². The number of hydrogen-bond donors (Lipinski definition) is 1. The van der Waals surface area contributed by atoms with Crippen LogP contribution in [-0.2, 0) is 4.74 Å². The molecular weight excluding hydrogens is 273 g/mol. The van der Waals surface area contributed by atoms with Gasteiger partial charge in [0, 0.05) is 0 Å². The van der Waals surface area contributed by atoms with Gasteiger partial charge in [-0.15, -0.1) is 0 Å². The summed E-state index contributed by atoms with van der Waals surface area (Å²) in [7, 11) is 0. The van der Waals surface area contributed by atoms with Gasteiger partial charge in [0.15, 0.2) is 0 Å². The lowest BCUT2D eigenvalue weighted by molar-refractivity contribution is -0.176. The van der Waals surface area contributed by atoms with Gasteiger partial charge in [-0.1, -0.05) is 0 Å². The van der Waals surface area contributed by atoms with Gasteiger partial charge < -0.3 is 15.2 Å². The Morgan fingerprint density at radius 1 is 1.38 bits per heavy atom. The van der Waals surface area contributed by atoms with Crippen LogP contribution in [0.4, 0.5) is 4.39 Å². The number of benzene rings is 1. The summed E-state index contributed by atoms with van der Waals surface area (Å²) in [5.74, 6) is -0.872. The summed E-state index contributed by atoms with van der Waals surface area (Å²) in [5, 5.41) is 0. The van der Waals surface area contributed by atoms with Gasteiger partial charge in [-0.2, -0.15) is 0 Å². The molecule has 1 aliphatic heterocycles. The van der Waals surface area contributed by atoms with E-state index in [4.69, 9.17) is 15.2 Å². The molecule has 0 bridgehead atoms. The lowest BCUT2D eigenvalue weighted by Gasteiger charge is -2.47. The van der Waals surface area contributed by atoms with Gasteiger partial charge in [0.1, 0.15) is 18.2 Å². The van der Waals surface area contributed by atoms with Crippen LogP contribution in [0.2, 0.25) is 0 Å². The molecule has 1 aromatic rings. The molecule has 5 heteroatoms. The number of nitrogens with two attached hydrogens (primary N) is 1. The fraction of sp³-hybridized carbons (Fsp3) is 0.562. The Balaban J connectivity index is 1.63. The number of rotatable bonds is 4. The van der Waals surface area contributed by atoms with E-state index in [9.17, 15) is 9.18 Å². The molecule has 1 aromatic carbocycles. The van der Waals surface area contributed by atoms with Crippen LogP contribution in [0.1, 0.15) is 48.9 Å². The normalized spacial score (nSPS) is 23.6. The number of ether oxygens (including phenoxy) is 2. The average molecular weight is 293 g/mol. The Kier molecular flexibility index (Phi) is 3.85. The Bertz CT molecular complexity index is 542. The molecule has 1 spiro atoms. The molecule has 1 aliphatic carbocycles. The van der Waals surface area contributed by atoms with E-state index in [1.54, 1.807) is 0 Å². The van der Waals surface area contributed by atoms with Gasteiger partial charge in [0.05, 0.1) is 17.3 Å². The molecule has 2 fully saturated rings. The minimum atomic E-state index is -0.690. The standard InChI is InChI=1S/C16H20FNO3/c17-11-4-5-14(13(9-11)15(18)19)20-10-12-3-1-6-16(21-12)7-2-8-16/h4-5,9,12H,1-3,6-8,10H2,(H2,18,19). The van der Waals surface area contributed by atoms with Crippen LogP contribution in [0.3, 0.4) is 0 Å². The number of primary amides is 1. The molecule has 1 heterocycles. The van der Waals surface area contributed by atoms with Crippen molar-refractivity contribution in [3.05, 3.63) is 29.6 Å². The van der Waals surface area contributed by atoms with E-state index in [2.05, 4.69) is 0 Å². The van der Waals surface area contributed by atoms with Crippen LogP contribution in [0.5, 0.6) is 5.75 Å². The fourth-order valence-corrected chi connectivity index (χ4v) is 3.18. The third-order valence-electron chi connectivity index (χ3n) is 4.47. The van der Waals surface area contributed by atoms with Gasteiger partial charge in [0.25, 0.3) is 5.91 Å². The van der Waals surface area contributed by atoms with Crippen LogP contribution >= 0.6 is 0 Å². The molecule has 4 nitrogen and oxygen atoms in total. The first-order valence-corrected chi connectivity index (χ1v) is 7.48. The Hall–Kier alpha value is -1.62. The number of hydrogen-bond acceptors (Lipinski definition) is 3. The van der Waals surface area contributed by atoms with Crippen molar-refractivity contribution in [3.63, 3.8) is 0 Å². The van der Waals surface area contributed by atoms with Gasteiger partial charge in [-0.05, 0) is 56.7 Å². The van der Waals surface area contributed by atoms with Crippen molar-refractivity contribution in [2.75, 3.05) is 6.61 Å². The molecule has 1 atom stereocenters. The van der Waals surface area contributed by atoms with Crippen LogP contribution < -0.4 is 10.5 Å². The van der Waals surface area contributed by atoms with E-state index in [1.165, 1.54) is 18.6 Å². The highest BCUT2D eigenvalue weighted by molar-refractivity contribution is 5.95. The molecule has 1 unspecified atom stereocenters. The van der Waals surface area contributed by atoms with Gasteiger partial charge >= 0.3 is 0 Å². The molecule has 3 rings (SSSR count). The average Bonchev–Trinajstić information content (AvgIpc) is 2.44. The number of carbonyl (C=O) groups is 1. The predicted octanol–water partition coefficient (Wildman–Crippen LogP) is 2.80. The molecule has 1 saturated carbocycles. The first-order chi connectivity index (χ1) is 10.1. The SMILES string of the molecule is NC(=O)c1cc(F)ccc1OCC1CCCC2(CCC2)O1. The monoisotopic (exact) mass is 293 g/mol. The first-order valence-electron chi connectivity index (χ1n) is 7.48. The number of carbonyl (C=O) groups excluding carboxylic acids is 1. The number of amides is 1. The lowest BCUT2D eigenvalue weighted by Crippen LogP contribution is -2.47. The van der Waals surface area contributed by atoms with Gasteiger partial charge in [-0.3, -0.25) is 4.79 Å². The second-order valence-electron chi connectivity index (χ2n) is 5.98. The second-order valence-corrected chi connectivity index (χ2v) is 5.98. The maximum Gasteiger partial charge on any atom is 0.252 e. The lowest BCUT2D eigenvalue weighted by atomic mass is 9.74. The third-order valence-corrected chi connectivity index (χ3v) is 4.47. The Labute approximate surface area is 123 Å². The third kappa shape index (κ3) is 3.02.